The van der Waals surface area contributed by atoms with Gasteiger partial charge in [-0.3, -0.25) is 0 Å². The molecule has 4 rings (SSSR count). The fourth-order valence-corrected chi connectivity index (χ4v) is 3.70. The van der Waals surface area contributed by atoms with E-state index in [-0.39, 0.29) is 24.0 Å². The summed E-state index contributed by atoms with van der Waals surface area (Å²) in [7, 11) is 0. The van der Waals surface area contributed by atoms with E-state index in [9.17, 15) is 18.3 Å². The van der Waals surface area contributed by atoms with E-state index in [1.165, 1.54) is 12.4 Å². The van der Waals surface area contributed by atoms with Gasteiger partial charge in [0.05, 0.1) is 12.2 Å². The number of halogens is 3. The first-order valence-electron chi connectivity index (χ1n) is 11.0. The standard InChI is InChI=1S/C23H25F3N6O2/c24-23(25,26)21-30-20(31-34-21)18-13-28-22(29-14-18)32-10-8-17(9-11-32)12-27-19(15-33)7-6-16-4-2-1-3-5-16/h1-7,13-14,17,19,27,33H,8-12,15H2/b7-6+. The highest BCUT2D eigenvalue weighted by atomic mass is 19.4. The Hall–Kier alpha value is -3.31. The molecule has 1 fully saturated rings. The summed E-state index contributed by atoms with van der Waals surface area (Å²) >= 11 is 0. The third-order valence-corrected chi connectivity index (χ3v) is 5.65. The number of alkyl halides is 3. The normalized spacial score (nSPS) is 16.3. The van der Waals surface area contributed by atoms with E-state index < -0.39 is 12.1 Å². The van der Waals surface area contributed by atoms with E-state index >= 15 is 0 Å². The van der Waals surface area contributed by atoms with Crippen LogP contribution < -0.4 is 10.2 Å². The Morgan fingerprint density at radius 2 is 1.85 bits per heavy atom. The summed E-state index contributed by atoms with van der Waals surface area (Å²) in [5.41, 5.74) is 1.34. The van der Waals surface area contributed by atoms with Gasteiger partial charge in [-0.15, -0.1) is 0 Å². The van der Waals surface area contributed by atoms with Gasteiger partial charge in [-0.2, -0.15) is 18.2 Å². The SMILES string of the molecule is OCC(/C=C/c1ccccc1)NCC1CCN(c2ncc(-c3noc(C(F)(F)F)n3)cn2)CC1. The quantitative estimate of drug-likeness (QED) is 0.512. The minimum atomic E-state index is -4.69. The van der Waals surface area contributed by atoms with Crippen LogP contribution in [0.5, 0.6) is 0 Å². The predicted octanol–water partition coefficient (Wildman–Crippen LogP) is 3.43. The maximum atomic E-state index is 12.6. The van der Waals surface area contributed by atoms with Crippen LogP contribution in [0.4, 0.5) is 19.1 Å². The lowest BCUT2D eigenvalue weighted by atomic mass is 9.96. The van der Waals surface area contributed by atoms with E-state index in [1.54, 1.807) is 0 Å². The van der Waals surface area contributed by atoms with E-state index in [4.69, 9.17) is 0 Å². The third kappa shape index (κ3) is 6.17. The Morgan fingerprint density at radius 3 is 2.47 bits per heavy atom. The van der Waals surface area contributed by atoms with Gasteiger partial charge >= 0.3 is 12.1 Å². The molecule has 1 aromatic carbocycles. The van der Waals surface area contributed by atoms with Gasteiger partial charge in [0.25, 0.3) is 0 Å². The Kier molecular flexibility index (Phi) is 7.53. The molecule has 0 saturated carbocycles. The zero-order valence-corrected chi connectivity index (χ0v) is 18.3. The van der Waals surface area contributed by atoms with Crippen LogP contribution in [0.2, 0.25) is 0 Å². The predicted molar refractivity (Wildman–Crippen MR) is 120 cm³/mol. The Morgan fingerprint density at radius 1 is 1.15 bits per heavy atom. The fourth-order valence-electron chi connectivity index (χ4n) is 3.70. The summed E-state index contributed by atoms with van der Waals surface area (Å²) < 4.78 is 42.1. The van der Waals surface area contributed by atoms with Gasteiger partial charge in [-0.05, 0) is 30.9 Å². The van der Waals surface area contributed by atoms with E-state index in [0.29, 0.717) is 11.9 Å². The van der Waals surface area contributed by atoms with E-state index in [1.807, 2.05) is 47.4 Å². The van der Waals surface area contributed by atoms with Crippen molar-refractivity contribution in [3.05, 3.63) is 60.3 Å². The van der Waals surface area contributed by atoms with Crippen molar-refractivity contribution in [3.63, 3.8) is 0 Å². The molecule has 1 unspecified atom stereocenters. The average molecular weight is 474 g/mol. The summed E-state index contributed by atoms with van der Waals surface area (Å²) in [6, 6.07) is 9.82. The first kappa shape index (κ1) is 23.8. The van der Waals surface area contributed by atoms with Gasteiger partial charge < -0.3 is 19.8 Å². The van der Waals surface area contributed by atoms with Crippen molar-refractivity contribution in [2.75, 3.05) is 31.1 Å². The highest BCUT2D eigenvalue weighted by Gasteiger charge is 2.38. The number of nitrogens with one attached hydrogen (secondary N) is 1. The van der Waals surface area contributed by atoms with Gasteiger partial charge in [0.15, 0.2) is 0 Å². The van der Waals surface area contributed by atoms with Crippen LogP contribution >= 0.6 is 0 Å². The molecule has 3 heterocycles. The van der Waals surface area contributed by atoms with Crippen LogP contribution in [-0.2, 0) is 6.18 Å². The van der Waals surface area contributed by atoms with Crippen molar-refractivity contribution in [1.29, 1.82) is 0 Å². The third-order valence-electron chi connectivity index (χ3n) is 5.65. The summed E-state index contributed by atoms with van der Waals surface area (Å²) in [4.78, 5) is 13.9. The fraction of sp³-hybridized carbons (Fsp3) is 0.391. The van der Waals surface area contributed by atoms with Crippen molar-refractivity contribution in [2.24, 2.45) is 5.92 Å². The summed E-state index contributed by atoms with van der Waals surface area (Å²) in [5.74, 6) is -0.645. The number of benzene rings is 1. The number of nitrogens with zero attached hydrogens (tertiary/aromatic N) is 5. The molecule has 180 valence electrons. The second-order valence-corrected chi connectivity index (χ2v) is 8.09. The Balaban J connectivity index is 1.25. The van der Waals surface area contributed by atoms with Gasteiger partial charge in [-0.25, -0.2) is 9.97 Å². The van der Waals surface area contributed by atoms with Gasteiger partial charge in [0.2, 0.25) is 11.8 Å². The van der Waals surface area contributed by atoms with Crippen molar-refractivity contribution >= 4 is 12.0 Å². The minimum absolute atomic E-state index is 0.0210. The smallest absolute Gasteiger partial charge is 0.394 e. The molecule has 0 bridgehead atoms. The van der Waals surface area contributed by atoms with Crippen molar-refractivity contribution < 1.29 is 22.8 Å². The largest absolute Gasteiger partial charge is 0.471 e. The molecule has 0 amide bonds. The molecular weight excluding hydrogens is 449 g/mol. The van der Waals surface area contributed by atoms with Crippen LogP contribution in [-0.4, -0.2) is 57.5 Å². The lowest BCUT2D eigenvalue weighted by Crippen LogP contribution is -2.41. The molecule has 8 nitrogen and oxygen atoms in total. The zero-order chi connectivity index (χ0) is 24.0. The van der Waals surface area contributed by atoms with Crippen LogP contribution in [0.3, 0.4) is 0 Å². The first-order valence-corrected chi connectivity index (χ1v) is 11.0. The number of anilines is 1. The number of hydrogen-bond donors (Lipinski definition) is 2. The Labute approximate surface area is 194 Å². The molecule has 0 spiro atoms. The second-order valence-electron chi connectivity index (χ2n) is 8.09. The molecule has 1 atom stereocenters. The molecule has 1 aliphatic heterocycles. The van der Waals surface area contributed by atoms with Gasteiger partial charge in [-0.1, -0.05) is 47.6 Å². The number of rotatable bonds is 8. The molecule has 0 aliphatic carbocycles. The molecule has 1 saturated heterocycles. The number of piperidine rings is 1. The molecule has 1 aliphatic rings. The molecule has 0 radical (unpaired) electrons. The van der Waals surface area contributed by atoms with Gasteiger partial charge in [0, 0.05) is 31.5 Å². The molecule has 2 aromatic heterocycles. The van der Waals surface area contributed by atoms with Crippen LogP contribution in [0.1, 0.15) is 24.3 Å². The van der Waals surface area contributed by atoms with Gasteiger partial charge in [0.1, 0.15) is 0 Å². The molecule has 3 aromatic rings. The minimum Gasteiger partial charge on any atom is -0.394 e. The monoisotopic (exact) mass is 474 g/mol. The van der Waals surface area contributed by atoms with Crippen molar-refractivity contribution in [2.45, 2.75) is 25.1 Å². The molecule has 11 heteroatoms. The van der Waals surface area contributed by atoms with Crippen LogP contribution in [0.15, 0.2) is 53.3 Å². The maximum absolute atomic E-state index is 12.6. The van der Waals surface area contributed by atoms with E-state index in [0.717, 1.165) is 38.0 Å². The van der Waals surface area contributed by atoms with Crippen molar-refractivity contribution in [3.8, 4) is 11.4 Å². The number of aliphatic hydroxyl groups is 1. The summed E-state index contributed by atoms with van der Waals surface area (Å²) in [6.45, 7) is 2.33. The number of aliphatic hydroxyl groups excluding tert-OH is 1. The second kappa shape index (κ2) is 10.7. The molecule has 2 N–H and O–H groups in total. The Bertz CT molecular complexity index is 1060. The summed E-state index contributed by atoms with van der Waals surface area (Å²) in [6.07, 6.45) is 3.92. The lowest BCUT2D eigenvalue weighted by Gasteiger charge is -2.32. The topological polar surface area (TPSA) is 100 Å². The van der Waals surface area contributed by atoms with Crippen LogP contribution in [0.25, 0.3) is 17.5 Å². The number of hydrogen-bond acceptors (Lipinski definition) is 8. The molecule has 34 heavy (non-hydrogen) atoms. The maximum Gasteiger partial charge on any atom is 0.471 e. The first-order chi connectivity index (χ1) is 16.4. The number of aromatic nitrogens is 4. The highest BCUT2D eigenvalue weighted by Crippen LogP contribution is 2.29. The highest BCUT2D eigenvalue weighted by molar-refractivity contribution is 5.52. The lowest BCUT2D eigenvalue weighted by molar-refractivity contribution is -0.159. The average Bonchev–Trinajstić information content (AvgIpc) is 3.37. The zero-order valence-electron chi connectivity index (χ0n) is 18.3. The molecular formula is C23H25F3N6O2. The van der Waals surface area contributed by atoms with Crippen LogP contribution in [0, 0.1) is 5.92 Å². The van der Waals surface area contributed by atoms with E-state index in [2.05, 4.69) is 29.9 Å². The summed E-state index contributed by atoms with van der Waals surface area (Å²) in [5, 5.41) is 16.4. The van der Waals surface area contributed by atoms with Crippen molar-refractivity contribution in [1.82, 2.24) is 25.4 Å².